The Kier molecular flexibility index (Phi) is 4.45. The Balaban J connectivity index is 1.44. The molecule has 1 spiro atoms. The van der Waals surface area contributed by atoms with Gasteiger partial charge in [0.25, 0.3) is 0 Å². The number of hydrogen-bond acceptors (Lipinski definition) is 3. The van der Waals surface area contributed by atoms with Crippen LogP contribution in [0.25, 0.3) is 0 Å². The van der Waals surface area contributed by atoms with Crippen LogP contribution in [-0.4, -0.2) is 36.0 Å². The third-order valence-corrected chi connectivity index (χ3v) is 5.60. The van der Waals surface area contributed by atoms with Crippen molar-refractivity contribution < 1.29 is 9.84 Å². The molecular weight excluding hydrogens is 238 g/mol. The first-order valence-corrected chi connectivity index (χ1v) is 8.33. The Labute approximate surface area is 117 Å². The van der Waals surface area contributed by atoms with Gasteiger partial charge < -0.3 is 15.2 Å². The maximum atomic E-state index is 9.45. The van der Waals surface area contributed by atoms with Gasteiger partial charge in [-0.3, -0.25) is 0 Å². The molecule has 0 aromatic carbocycles. The number of nitrogens with one attached hydrogen (secondary N) is 1. The van der Waals surface area contributed by atoms with Gasteiger partial charge in [-0.15, -0.1) is 0 Å². The predicted molar refractivity (Wildman–Crippen MR) is 76.1 cm³/mol. The molecule has 2 aliphatic carbocycles. The van der Waals surface area contributed by atoms with Crippen LogP contribution in [0.2, 0.25) is 0 Å². The molecule has 2 N–H and O–H groups in total. The van der Waals surface area contributed by atoms with Crippen molar-refractivity contribution >= 4 is 0 Å². The van der Waals surface area contributed by atoms with Gasteiger partial charge >= 0.3 is 0 Å². The fourth-order valence-corrected chi connectivity index (χ4v) is 4.40. The van der Waals surface area contributed by atoms with E-state index in [0.29, 0.717) is 24.7 Å². The SMILES string of the molecule is OCC1CCCCC1NCC1CCC2(CCCC2)O1. The van der Waals surface area contributed by atoms with Gasteiger partial charge in [-0.25, -0.2) is 0 Å². The van der Waals surface area contributed by atoms with Crippen molar-refractivity contribution in [3.63, 3.8) is 0 Å². The zero-order valence-electron chi connectivity index (χ0n) is 12.1. The van der Waals surface area contributed by atoms with E-state index in [1.54, 1.807) is 0 Å². The van der Waals surface area contributed by atoms with E-state index >= 15 is 0 Å². The molecular formula is C16H29NO2. The molecule has 0 bridgehead atoms. The predicted octanol–water partition coefficient (Wildman–Crippen LogP) is 2.62. The van der Waals surface area contributed by atoms with Crippen molar-refractivity contribution in [2.45, 2.75) is 82.0 Å². The molecule has 0 aromatic heterocycles. The molecule has 3 rings (SSSR count). The Morgan fingerprint density at radius 1 is 1.00 bits per heavy atom. The zero-order chi connectivity index (χ0) is 13.1. The van der Waals surface area contributed by atoms with Crippen molar-refractivity contribution in [2.75, 3.05) is 13.2 Å². The molecule has 1 aliphatic heterocycles. The van der Waals surface area contributed by atoms with Crippen LogP contribution in [0.1, 0.15) is 64.2 Å². The van der Waals surface area contributed by atoms with Crippen LogP contribution >= 0.6 is 0 Å². The minimum atomic E-state index is 0.259. The summed E-state index contributed by atoms with van der Waals surface area (Å²) >= 11 is 0. The molecule has 1 saturated heterocycles. The molecule has 0 radical (unpaired) electrons. The molecule has 3 unspecified atom stereocenters. The Bertz CT molecular complexity index is 288. The second-order valence-corrected chi connectivity index (χ2v) is 6.91. The van der Waals surface area contributed by atoms with Gasteiger partial charge in [-0.05, 0) is 44.4 Å². The lowest BCUT2D eigenvalue weighted by Crippen LogP contribution is -2.43. The van der Waals surface area contributed by atoms with Crippen LogP contribution in [0.5, 0.6) is 0 Å². The monoisotopic (exact) mass is 267 g/mol. The molecule has 2 saturated carbocycles. The topological polar surface area (TPSA) is 41.5 Å². The number of aliphatic hydroxyl groups excluding tert-OH is 1. The largest absolute Gasteiger partial charge is 0.396 e. The van der Waals surface area contributed by atoms with E-state index in [0.717, 1.165) is 6.54 Å². The number of aliphatic hydroxyl groups is 1. The van der Waals surface area contributed by atoms with E-state index in [4.69, 9.17) is 4.74 Å². The maximum Gasteiger partial charge on any atom is 0.0708 e. The van der Waals surface area contributed by atoms with Crippen LogP contribution in [0.3, 0.4) is 0 Å². The van der Waals surface area contributed by atoms with Crippen LogP contribution in [0.15, 0.2) is 0 Å². The molecule has 0 amide bonds. The highest BCUT2D eigenvalue weighted by molar-refractivity contribution is 4.93. The van der Waals surface area contributed by atoms with Gasteiger partial charge in [0, 0.05) is 19.2 Å². The van der Waals surface area contributed by atoms with Crippen LogP contribution in [0, 0.1) is 5.92 Å². The second-order valence-electron chi connectivity index (χ2n) is 6.91. The van der Waals surface area contributed by atoms with Gasteiger partial charge in [0.05, 0.1) is 11.7 Å². The average Bonchev–Trinajstić information content (AvgIpc) is 3.07. The quantitative estimate of drug-likeness (QED) is 0.823. The molecule has 110 valence electrons. The second kappa shape index (κ2) is 6.11. The van der Waals surface area contributed by atoms with Gasteiger partial charge in [0.1, 0.15) is 0 Å². The number of ether oxygens (including phenoxy) is 1. The number of rotatable bonds is 4. The summed E-state index contributed by atoms with van der Waals surface area (Å²) in [6.07, 6.45) is 13.2. The van der Waals surface area contributed by atoms with E-state index < -0.39 is 0 Å². The summed E-state index contributed by atoms with van der Waals surface area (Å²) in [6, 6.07) is 0.516. The van der Waals surface area contributed by atoms with Crippen LogP contribution < -0.4 is 5.32 Å². The summed E-state index contributed by atoms with van der Waals surface area (Å²) in [7, 11) is 0. The van der Waals surface area contributed by atoms with E-state index in [-0.39, 0.29) is 5.60 Å². The van der Waals surface area contributed by atoms with E-state index in [1.165, 1.54) is 64.2 Å². The first-order valence-electron chi connectivity index (χ1n) is 8.33. The Hall–Kier alpha value is -0.120. The van der Waals surface area contributed by atoms with Crippen LogP contribution in [0.4, 0.5) is 0 Å². The smallest absolute Gasteiger partial charge is 0.0708 e. The zero-order valence-corrected chi connectivity index (χ0v) is 12.1. The first kappa shape index (κ1) is 13.8. The molecule has 3 atom stereocenters. The molecule has 19 heavy (non-hydrogen) atoms. The lowest BCUT2D eigenvalue weighted by atomic mass is 9.85. The van der Waals surface area contributed by atoms with Crippen molar-refractivity contribution in [2.24, 2.45) is 5.92 Å². The van der Waals surface area contributed by atoms with Crippen molar-refractivity contribution in [1.82, 2.24) is 5.32 Å². The molecule has 1 heterocycles. The minimum Gasteiger partial charge on any atom is -0.396 e. The number of hydrogen-bond donors (Lipinski definition) is 2. The normalized spacial score (nSPS) is 38.1. The van der Waals surface area contributed by atoms with Crippen molar-refractivity contribution in [3.8, 4) is 0 Å². The molecule has 0 aromatic rings. The Morgan fingerprint density at radius 2 is 1.79 bits per heavy atom. The van der Waals surface area contributed by atoms with Gasteiger partial charge in [0.15, 0.2) is 0 Å². The van der Waals surface area contributed by atoms with Gasteiger partial charge in [-0.1, -0.05) is 25.7 Å². The Morgan fingerprint density at radius 3 is 2.58 bits per heavy atom. The molecule has 3 aliphatic rings. The van der Waals surface area contributed by atoms with Gasteiger partial charge in [0.2, 0.25) is 0 Å². The fourth-order valence-electron chi connectivity index (χ4n) is 4.40. The summed E-state index contributed by atoms with van der Waals surface area (Å²) in [5.74, 6) is 0.468. The summed E-state index contributed by atoms with van der Waals surface area (Å²) in [6.45, 7) is 1.33. The average molecular weight is 267 g/mol. The van der Waals surface area contributed by atoms with Crippen LogP contribution in [-0.2, 0) is 4.74 Å². The lowest BCUT2D eigenvalue weighted by molar-refractivity contribution is -0.0371. The summed E-state index contributed by atoms with van der Waals surface area (Å²) < 4.78 is 6.34. The minimum absolute atomic E-state index is 0.259. The molecule has 3 heteroatoms. The van der Waals surface area contributed by atoms with Crippen molar-refractivity contribution in [3.05, 3.63) is 0 Å². The maximum absolute atomic E-state index is 9.45. The highest BCUT2D eigenvalue weighted by Crippen LogP contribution is 2.43. The highest BCUT2D eigenvalue weighted by Gasteiger charge is 2.42. The standard InChI is InChI=1S/C16H29NO2/c18-12-13-5-1-2-6-15(13)17-11-14-7-10-16(19-14)8-3-4-9-16/h13-15,17-18H,1-12H2. The third kappa shape index (κ3) is 3.14. The summed E-state index contributed by atoms with van der Waals surface area (Å²) in [5, 5.41) is 13.1. The molecule has 3 fully saturated rings. The fraction of sp³-hybridized carbons (Fsp3) is 1.00. The summed E-state index contributed by atoms with van der Waals surface area (Å²) in [4.78, 5) is 0. The van der Waals surface area contributed by atoms with E-state index in [1.807, 2.05) is 0 Å². The van der Waals surface area contributed by atoms with E-state index in [2.05, 4.69) is 5.32 Å². The van der Waals surface area contributed by atoms with Gasteiger partial charge in [-0.2, -0.15) is 0 Å². The van der Waals surface area contributed by atoms with Crippen molar-refractivity contribution in [1.29, 1.82) is 0 Å². The molecule has 3 nitrogen and oxygen atoms in total. The highest BCUT2D eigenvalue weighted by atomic mass is 16.5. The summed E-state index contributed by atoms with van der Waals surface area (Å²) in [5.41, 5.74) is 0.259. The third-order valence-electron chi connectivity index (χ3n) is 5.60. The van der Waals surface area contributed by atoms with E-state index in [9.17, 15) is 5.11 Å². The lowest BCUT2D eigenvalue weighted by Gasteiger charge is -2.32. The first-order chi connectivity index (χ1) is 9.31.